The summed E-state index contributed by atoms with van der Waals surface area (Å²) < 4.78 is 10.9. The lowest BCUT2D eigenvalue weighted by Crippen LogP contribution is -2.13. The molecule has 0 aliphatic carbocycles. The average Bonchev–Trinajstić information content (AvgIpc) is 2.66. The van der Waals surface area contributed by atoms with Crippen LogP contribution in [0.1, 0.15) is 103 Å². The van der Waals surface area contributed by atoms with Crippen LogP contribution in [0.5, 0.6) is 5.75 Å². The molecule has 3 nitrogen and oxygen atoms in total. The van der Waals surface area contributed by atoms with E-state index < -0.39 is 6.16 Å². The molecule has 0 N–H and O–H groups in total. The number of ether oxygens (including phenoxy) is 2. The van der Waals surface area contributed by atoms with Gasteiger partial charge in [0.1, 0.15) is 5.75 Å². The Morgan fingerprint density at radius 2 is 1.41 bits per heavy atom. The summed E-state index contributed by atoms with van der Waals surface area (Å²) in [7, 11) is 0. The minimum atomic E-state index is -0.562. The van der Waals surface area contributed by atoms with E-state index in [2.05, 4.69) is 26.8 Å². The van der Waals surface area contributed by atoms with Crippen molar-refractivity contribution < 1.29 is 14.3 Å². The van der Waals surface area contributed by atoms with Gasteiger partial charge in [0.05, 0.1) is 6.61 Å². The van der Waals surface area contributed by atoms with Gasteiger partial charge in [-0.25, -0.2) is 4.79 Å². The Morgan fingerprint density at radius 3 is 2.11 bits per heavy atom. The molecule has 1 aromatic rings. The third kappa shape index (κ3) is 10.4. The minimum absolute atomic E-state index is 0.448. The van der Waals surface area contributed by atoms with E-state index in [1.165, 1.54) is 62.5 Å². The largest absolute Gasteiger partial charge is 0.513 e. The molecule has 0 saturated carbocycles. The fourth-order valence-corrected chi connectivity index (χ4v) is 3.32. The number of carbonyl (C=O) groups is 1. The van der Waals surface area contributed by atoms with Gasteiger partial charge in [0, 0.05) is 0 Å². The first kappa shape index (κ1) is 23.5. The van der Waals surface area contributed by atoms with Gasteiger partial charge < -0.3 is 9.47 Å². The van der Waals surface area contributed by atoms with Gasteiger partial charge in [0.15, 0.2) is 0 Å². The van der Waals surface area contributed by atoms with E-state index in [9.17, 15) is 4.79 Å². The molecular weight excluding hydrogens is 336 g/mol. The zero-order chi connectivity index (χ0) is 19.7. The number of aryl methyl sites for hydroxylation is 1. The van der Waals surface area contributed by atoms with Crippen LogP contribution in [-0.2, 0) is 17.6 Å². The molecule has 0 saturated heterocycles. The van der Waals surface area contributed by atoms with Crippen molar-refractivity contribution in [1.29, 1.82) is 0 Å². The van der Waals surface area contributed by atoms with Crippen molar-refractivity contribution in [3.05, 3.63) is 29.3 Å². The highest BCUT2D eigenvalue weighted by Crippen LogP contribution is 2.27. The SMILES string of the molecule is CCCCCCCOC(=O)Oc1cccc(CCCCC)c1CCCCC. The second kappa shape index (κ2) is 15.5. The molecule has 27 heavy (non-hydrogen) atoms. The fourth-order valence-electron chi connectivity index (χ4n) is 3.32. The smallest absolute Gasteiger partial charge is 0.434 e. The summed E-state index contributed by atoms with van der Waals surface area (Å²) >= 11 is 0. The predicted molar refractivity (Wildman–Crippen MR) is 114 cm³/mol. The van der Waals surface area contributed by atoms with Crippen molar-refractivity contribution in [1.82, 2.24) is 0 Å². The zero-order valence-corrected chi connectivity index (χ0v) is 17.9. The molecule has 0 unspecified atom stereocenters. The molecule has 0 aliphatic rings. The van der Waals surface area contributed by atoms with Crippen LogP contribution in [0.3, 0.4) is 0 Å². The van der Waals surface area contributed by atoms with Crippen LogP contribution in [0.15, 0.2) is 18.2 Å². The Balaban J connectivity index is 2.61. The standard InChI is InChI=1S/C24H40O3/c1-4-7-10-11-14-20-26-24(25)27-23-19-15-17-21(16-12-8-5-2)22(23)18-13-9-6-3/h15,17,19H,4-14,16,18,20H2,1-3H3. The summed E-state index contributed by atoms with van der Waals surface area (Å²) in [6.45, 7) is 7.08. The first-order valence-electron chi connectivity index (χ1n) is 11.2. The molecule has 0 bridgehead atoms. The first-order valence-corrected chi connectivity index (χ1v) is 11.2. The van der Waals surface area contributed by atoms with E-state index >= 15 is 0 Å². The van der Waals surface area contributed by atoms with Crippen molar-refractivity contribution >= 4 is 6.16 Å². The van der Waals surface area contributed by atoms with Crippen LogP contribution < -0.4 is 4.74 Å². The van der Waals surface area contributed by atoms with Gasteiger partial charge in [0.25, 0.3) is 0 Å². The van der Waals surface area contributed by atoms with E-state index in [1.54, 1.807) is 0 Å². The second-order valence-electron chi connectivity index (χ2n) is 7.42. The van der Waals surface area contributed by atoms with Crippen molar-refractivity contribution in [2.75, 3.05) is 6.61 Å². The van der Waals surface area contributed by atoms with Gasteiger partial charge in [-0.2, -0.15) is 0 Å². The fraction of sp³-hybridized carbons (Fsp3) is 0.708. The molecule has 0 atom stereocenters. The van der Waals surface area contributed by atoms with E-state index in [0.29, 0.717) is 12.4 Å². The molecule has 0 spiro atoms. The Labute approximate surface area is 166 Å². The number of hydrogen-bond donors (Lipinski definition) is 0. The molecule has 3 heteroatoms. The average molecular weight is 377 g/mol. The number of rotatable bonds is 15. The number of carbonyl (C=O) groups excluding carboxylic acids is 1. The number of hydrogen-bond acceptors (Lipinski definition) is 3. The maximum absolute atomic E-state index is 12.1. The normalized spacial score (nSPS) is 10.8. The maximum Gasteiger partial charge on any atom is 0.513 e. The van der Waals surface area contributed by atoms with Crippen molar-refractivity contribution in [3.8, 4) is 5.75 Å². The topological polar surface area (TPSA) is 35.5 Å². The summed E-state index contributed by atoms with van der Waals surface area (Å²) in [6.07, 6.45) is 14.3. The number of benzene rings is 1. The van der Waals surface area contributed by atoms with Crippen LogP contribution in [0, 0.1) is 0 Å². The van der Waals surface area contributed by atoms with Crippen molar-refractivity contribution in [3.63, 3.8) is 0 Å². The molecule has 0 amide bonds. The van der Waals surface area contributed by atoms with Crippen LogP contribution >= 0.6 is 0 Å². The molecule has 1 aromatic carbocycles. The molecule has 0 aromatic heterocycles. The Morgan fingerprint density at radius 1 is 0.778 bits per heavy atom. The quantitative estimate of drug-likeness (QED) is 0.179. The highest BCUT2D eigenvalue weighted by Gasteiger charge is 2.14. The molecule has 0 heterocycles. The van der Waals surface area contributed by atoms with Crippen LogP contribution in [0.4, 0.5) is 4.79 Å². The minimum Gasteiger partial charge on any atom is -0.434 e. The first-order chi connectivity index (χ1) is 13.2. The Kier molecular flexibility index (Phi) is 13.5. The van der Waals surface area contributed by atoms with Crippen LogP contribution in [-0.4, -0.2) is 12.8 Å². The van der Waals surface area contributed by atoms with Crippen LogP contribution in [0.25, 0.3) is 0 Å². The van der Waals surface area contributed by atoms with Gasteiger partial charge in [-0.1, -0.05) is 84.3 Å². The molecule has 0 fully saturated rings. The second-order valence-corrected chi connectivity index (χ2v) is 7.42. The van der Waals surface area contributed by atoms with Crippen molar-refractivity contribution in [2.45, 2.75) is 104 Å². The van der Waals surface area contributed by atoms with Crippen LogP contribution in [0.2, 0.25) is 0 Å². The summed E-state index contributed by atoms with van der Waals surface area (Å²) in [5.74, 6) is 0.691. The van der Waals surface area contributed by atoms with E-state index in [1.807, 2.05) is 12.1 Å². The monoisotopic (exact) mass is 376 g/mol. The summed E-state index contributed by atoms with van der Waals surface area (Å²) in [5, 5.41) is 0. The van der Waals surface area contributed by atoms with Gasteiger partial charge in [-0.05, 0) is 49.3 Å². The maximum atomic E-state index is 12.1. The lowest BCUT2D eigenvalue weighted by molar-refractivity contribution is 0.0969. The van der Waals surface area contributed by atoms with Gasteiger partial charge in [-0.3, -0.25) is 0 Å². The van der Waals surface area contributed by atoms with E-state index in [4.69, 9.17) is 9.47 Å². The third-order valence-corrected chi connectivity index (χ3v) is 4.97. The number of unbranched alkanes of at least 4 members (excludes halogenated alkanes) is 8. The molecule has 1 rings (SSSR count). The Bertz CT molecular complexity index is 510. The molecule has 154 valence electrons. The van der Waals surface area contributed by atoms with Gasteiger partial charge in [-0.15, -0.1) is 0 Å². The summed E-state index contributed by atoms with van der Waals surface area (Å²) in [6, 6.07) is 6.09. The predicted octanol–water partition coefficient (Wildman–Crippen LogP) is 7.64. The Hall–Kier alpha value is -1.51. The molecule has 0 aliphatic heterocycles. The van der Waals surface area contributed by atoms with Gasteiger partial charge >= 0.3 is 6.16 Å². The molecular formula is C24H40O3. The zero-order valence-electron chi connectivity index (χ0n) is 17.9. The lowest BCUT2D eigenvalue weighted by Gasteiger charge is -2.15. The summed E-state index contributed by atoms with van der Waals surface area (Å²) in [5.41, 5.74) is 2.52. The van der Waals surface area contributed by atoms with Crippen molar-refractivity contribution in [2.24, 2.45) is 0 Å². The highest BCUT2D eigenvalue weighted by atomic mass is 16.7. The third-order valence-electron chi connectivity index (χ3n) is 4.97. The lowest BCUT2D eigenvalue weighted by atomic mass is 9.96. The van der Waals surface area contributed by atoms with Gasteiger partial charge in [0.2, 0.25) is 0 Å². The summed E-state index contributed by atoms with van der Waals surface area (Å²) in [4.78, 5) is 12.1. The molecule has 0 radical (unpaired) electrons. The highest BCUT2D eigenvalue weighted by molar-refractivity contribution is 5.65. The van der Waals surface area contributed by atoms with E-state index in [0.717, 1.165) is 32.1 Å². The van der Waals surface area contributed by atoms with E-state index in [-0.39, 0.29) is 0 Å².